The third kappa shape index (κ3) is 1.83. The zero-order valence-electron chi connectivity index (χ0n) is 8.74. The van der Waals surface area contributed by atoms with Crippen LogP contribution in [0.15, 0.2) is 24.3 Å². The van der Waals surface area contributed by atoms with Crippen molar-refractivity contribution in [2.24, 2.45) is 0 Å². The maximum Gasteiger partial charge on any atom is 0.0497 e. The van der Waals surface area contributed by atoms with Gasteiger partial charge in [-0.25, -0.2) is 0 Å². The van der Waals surface area contributed by atoms with Crippen molar-refractivity contribution in [2.75, 3.05) is 6.61 Å². The lowest BCUT2D eigenvalue weighted by molar-refractivity contribution is 0.273. The van der Waals surface area contributed by atoms with E-state index in [4.69, 9.17) is 5.11 Å². The van der Waals surface area contributed by atoms with Crippen molar-refractivity contribution in [3.63, 3.8) is 0 Å². The largest absolute Gasteiger partial charge is 0.396 e. The molecular formula is C13H18O. The van der Waals surface area contributed by atoms with Crippen molar-refractivity contribution in [1.82, 2.24) is 0 Å². The Morgan fingerprint density at radius 2 is 1.93 bits per heavy atom. The Balaban J connectivity index is 2.09. The summed E-state index contributed by atoms with van der Waals surface area (Å²) in [5.41, 5.74) is 2.72. The third-order valence-electron chi connectivity index (χ3n) is 3.36. The first kappa shape index (κ1) is 9.72. The summed E-state index contributed by atoms with van der Waals surface area (Å²) in [5.74, 6) is 1.08. The van der Waals surface area contributed by atoms with E-state index in [0.29, 0.717) is 0 Å². The molecule has 1 aliphatic carbocycles. The first-order valence-corrected chi connectivity index (χ1v) is 5.52. The van der Waals surface area contributed by atoms with Crippen LogP contribution in [0.3, 0.4) is 0 Å². The van der Waals surface area contributed by atoms with Crippen LogP contribution in [-0.4, -0.2) is 11.7 Å². The summed E-state index contributed by atoms with van der Waals surface area (Å²) in [6, 6.07) is 8.78. The fourth-order valence-corrected chi connectivity index (χ4v) is 1.94. The first-order valence-electron chi connectivity index (χ1n) is 5.52. The normalized spacial score (nSPS) is 19.0. The number of rotatable bonds is 3. The van der Waals surface area contributed by atoms with Gasteiger partial charge in [0.15, 0.2) is 0 Å². The molecule has 0 bridgehead atoms. The van der Waals surface area contributed by atoms with Gasteiger partial charge in [0.25, 0.3) is 0 Å². The zero-order valence-corrected chi connectivity index (χ0v) is 8.74. The van der Waals surface area contributed by atoms with E-state index in [1.54, 1.807) is 0 Å². The van der Waals surface area contributed by atoms with Gasteiger partial charge in [0.2, 0.25) is 0 Å². The van der Waals surface area contributed by atoms with Crippen molar-refractivity contribution >= 4 is 0 Å². The van der Waals surface area contributed by atoms with E-state index in [1.165, 1.54) is 30.4 Å². The summed E-state index contributed by atoms with van der Waals surface area (Å²) in [6.45, 7) is 2.29. The molecule has 76 valence electrons. The molecular weight excluding hydrogens is 172 g/mol. The lowest BCUT2D eigenvalue weighted by atomic mass is 9.79. The van der Waals surface area contributed by atoms with Gasteiger partial charge in [0, 0.05) is 12.5 Å². The highest BCUT2D eigenvalue weighted by Crippen LogP contribution is 2.36. The number of benzene rings is 1. The van der Waals surface area contributed by atoms with E-state index >= 15 is 0 Å². The summed E-state index contributed by atoms with van der Waals surface area (Å²) in [7, 11) is 0. The monoisotopic (exact) mass is 190 g/mol. The molecule has 1 aromatic rings. The van der Waals surface area contributed by atoms with Crippen LogP contribution in [0.4, 0.5) is 0 Å². The minimum absolute atomic E-state index is 0.239. The van der Waals surface area contributed by atoms with E-state index in [1.807, 2.05) is 0 Å². The summed E-state index contributed by atoms with van der Waals surface area (Å²) >= 11 is 0. The van der Waals surface area contributed by atoms with Gasteiger partial charge >= 0.3 is 0 Å². The van der Waals surface area contributed by atoms with E-state index in [2.05, 4.69) is 31.2 Å². The predicted molar refractivity (Wildman–Crippen MR) is 58.5 cm³/mol. The molecule has 1 saturated carbocycles. The van der Waals surface area contributed by atoms with Crippen LogP contribution in [0.2, 0.25) is 0 Å². The van der Waals surface area contributed by atoms with Crippen molar-refractivity contribution in [3.05, 3.63) is 35.4 Å². The Morgan fingerprint density at radius 3 is 2.36 bits per heavy atom. The van der Waals surface area contributed by atoms with Crippen molar-refractivity contribution in [1.29, 1.82) is 0 Å². The molecule has 1 aliphatic rings. The molecule has 0 aliphatic heterocycles. The van der Waals surface area contributed by atoms with E-state index < -0.39 is 0 Å². The van der Waals surface area contributed by atoms with Gasteiger partial charge in [0.05, 0.1) is 0 Å². The first-order chi connectivity index (χ1) is 6.81. The van der Waals surface area contributed by atoms with Crippen LogP contribution < -0.4 is 0 Å². The molecule has 1 heteroatoms. The van der Waals surface area contributed by atoms with Gasteiger partial charge in [-0.2, -0.15) is 0 Å². The fraction of sp³-hybridized carbons (Fsp3) is 0.538. The molecule has 0 aromatic heterocycles. The van der Waals surface area contributed by atoms with E-state index in [-0.39, 0.29) is 12.5 Å². The van der Waals surface area contributed by atoms with Gasteiger partial charge in [0.1, 0.15) is 0 Å². The molecule has 0 spiro atoms. The predicted octanol–water partition coefficient (Wildman–Crippen LogP) is 3.05. The Labute approximate surface area is 85.8 Å². The summed E-state index contributed by atoms with van der Waals surface area (Å²) in [6.07, 6.45) is 4.10. The molecule has 1 nitrogen and oxygen atoms in total. The Hall–Kier alpha value is -0.820. The Kier molecular flexibility index (Phi) is 2.87. The standard InChI is InChI=1S/C13H18O/c1-10(9-14)11-5-7-13(8-6-11)12-3-2-4-12/h5-8,10,12,14H,2-4,9H2,1H3/t10-/m1/s1. The van der Waals surface area contributed by atoms with Crippen LogP contribution in [-0.2, 0) is 0 Å². The SMILES string of the molecule is C[C@H](CO)c1ccc(C2CCC2)cc1. The maximum absolute atomic E-state index is 9.02. The molecule has 1 N–H and O–H groups in total. The maximum atomic E-state index is 9.02. The van der Waals surface area contributed by atoms with E-state index in [0.717, 1.165) is 5.92 Å². The number of aliphatic hydroxyl groups is 1. The number of aliphatic hydroxyl groups excluding tert-OH is 1. The molecule has 0 unspecified atom stereocenters. The van der Waals surface area contributed by atoms with Crippen LogP contribution in [0.5, 0.6) is 0 Å². The quantitative estimate of drug-likeness (QED) is 0.776. The van der Waals surface area contributed by atoms with Crippen molar-refractivity contribution in [3.8, 4) is 0 Å². The summed E-state index contributed by atoms with van der Waals surface area (Å²) < 4.78 is 0. The number of hydrogen-bond acceptors (Lipinski definition) is 1. The second-order valence-electron chi connectivity index (χ2n) is 4.38. The zero-order chi connectivity index (χ0) is 9.97. The minimum Gasteiger partial charge on any atom is -0.396 e. The molecule has 2 rings (SSSR count). The van der Waals surface area contributed by atoms with Crippen molar-refractivity contribution < 1.29 is 5.11 Å². The van der Waals surface area contributed by atoms with Gasteiger partial charge < -0.3 is 5.11 Å². The lowest BCUT2D eigenvalue weighted by Gasteiger charge is -2.26. The van der Waals surface area contributed by atoms with Crippen LogP contribution in [0, 0.1) is 0 Å². The third-order valence-corrected chi connectivity index (χ3v) is 3.36. The Morgan fingerprint density at radius 1 is 1.29 bits per heavy atom. The van der Waals surface area contributed by atoms with Crippen LogP contribution >= 0.6 is 0 Å². The van der Waals surface area contributed by atoms with Gasteiger partial charge in [-0.1, -0.05) is 37.6 Å². The molecule has 0 saturated heterocycles. The molecule has 14 heavy (non-hydrogen) atoms. The fourth-order valence-electron chi connectivity index (χ4n) is 1.94. The lowest BCUT2D eigenvalue weighted by Crippen LogP contribution is -2.08. The molecule has 0 amide bonds. The topological polar surface area (TPSA) is 20.2 Å². The van der Waals surface area contributed by atoms with E-state index in [9.17, 15) is 0 Å². The molecule has 1 aromatic carbocycles. The smallest absolute Gasteiger partial charge is 0.0497 e. The summed E-state index contributed by atoms with van der Waals surface area (Å²) in [5, 5.41) is 9.02. The molecule has 1 fully saturated rings. The minimum atomic E-state index is 0.239. The average Bonchev–Trinajstić information content (AvgIpc) is 2.15. The highest BCUT2D eigenvalue weighted by atomic mass is 16.3. The van der Waals surface area contributed by atoms with Gasteiger partial charge in [-0.05, 0) is 29.9 Å². The van der Waals surface area contributed by atoms with Gasteiger partial charge in [-0.15, -0.1) is 0 Å². The van der Waals surface area contributed by atoms with Crippen molar-refractivity contribution in [2.45, 2.75) is 38.0 Å². The van der Waals surface area contributed by atoms with Crippen LogP contribution in [0.25, 0.3) is 0 Å². The Bertz CT molecular complexity index is 261. The highest BCUT2D eigenvalue weighted by molar-refractivity contribution is 5.28. The average molecular weight is 190 g/mol. The summed E-state index contributed by atoms with van der Waals surface area (Å²) in [4.78, 5) is 0. The molecule has 0 radical (unpaired) electrons. The second kappa shape index (κ2) is 4.14. The van der Waals surface area contributed by atoms with Crippen LogP contribution in [0.1, 0.15) is 49.1 Å². The highest BCUT2D eigenvalue weighted by Gasteiger charge is 2.19. The molecule has 1 atom stereocenters. The molecule has 0 heterocycles. The van der Waals surface area contributed by atoms with Gasteiger partial charge in [-0.3, -0.25) is 0 Å². The second-order valence-corrected chi connectivity index (χ2v) is 4.38. The number of hydrogen-bond donors (Lipinski definition) is 1.